The van der Waals surface area contributed by atoms with Crippen molar-refractivity contribution < 1.29 is 90.5 Å². The largest absolute Gasteiger partial charge is 0.472 e. The SMILES string of the molecule is [N-]=[N+]=Nc1nc2c(N)ncnc2n1[C@@H]1O[C@H](COP(=O)(O)O[C@@H]2[C@H](O)[C@@H](COP(=O)(O)O[C@@H]3[C@H](O)[C@@H](COP(=O)(O)O)O[C@H]3n3c(N=[N+]=[N-])nc4c(N)ncnc43)O[C@H]2n2c(N=[N+]=[N-])nc3c(N)ncnc32)[C@@H](O)[C@H]1O. The zero-order valence-electron chi connectivity index (χ0n) is 37.3. The molecule has 2 unspecified atom stereocenters. The molecule has 9 rings (SSSR count). The Morgan fingerprint density at radius 1 is 0.526 bits per heavy atom. The maximum absolute atomic E-state index is 13.9. The summed E-state index contributed by atoms with van der Waals surface area (Å²) in [6.45, 7) is -3.38. The van der Waals surface area contributed by atoms with Crippen LogP contribution < -0.4 is 17.2 Å². The number of imidazole rings is 3. The molecule has 14 atom stereocenters. The number of hydrogen-bond donors (Lipinski definition) is 11. The molecule has 3 aliphatic rings. The van der Waals surface area contributed by atoms with Crippen LogP contribution in [0.25, 0.3) is 64.8 Å². The van der Waals surface area contributed by atoms with Gasteiger partial charge in [0, 0.05) is 14.7 Å². The van der Waals surface area contributed by atoms with Crippen molar-refractivity contribution in [2.75, 3.05) is 37.0 Å². The molecule has 0 spiro atoms. The fourth-order valence-corrected chi connectivity index (χ4v) is 10.3. The highest BCUT2D eigenvalue weighted by Gasteiger charge is 2.54. The van der Waals surface area contributed by atoms with Crippen LogP contribution in [0.15, 0.2) is 34.3 Å². The van der Waals surface area contributed by atoms with Crippen molar-refractivity contribution in [1.82, 2.24) is 58.6 Å². The minimum atomic E-state index is -5.68. The second kappa shape index (κ2) is 20.9. The van der Waals surface area contributed by atoms with Gasteiger partial charge < -0.3 is 71.4 Å². The predicted molar refractivity (Wildman–Crippen MR) is 241 cm³/mol. The van der Waals surface area contributed by atoms with Gasteiger partial charge in [0.2, 0.25) is 17.8 Å². The highest BCUT2D eigenvalue weighted by Crippen LogP contribution is 2.54. The van der Waals surface area contributed by atoms with Gasteiger partial charge in [-0.2, -0.15) is 0 Å². The van der Waals surface area contributed by atoms with Crippen LogP contribution >= 0.6 is 23.5 Å². The van der Waals surface area contributed by atoms with Crippen molar-refractivity contribution >= 4 is 92.3 Å². The van der Waals surface area contributed by atoms with E-state index < -0.39 is 135 Å². The summed E-state index contributed by atoms with van der Waals surface area (Å²) < 4.78 is 85.1. The van der Waals surface area contributed by atoms with Crippen LogP contribution in [0.3, 0.4) is 0 Å². The number of nitrogen functional groups attached to an aromatic ring is 3. The lowest BCUT2D eigenvalue weighted by molar-refractivity contribution is -0.0636. The van der Waals surface area contributed by atoms with Gasteiger partial charge in [-0.25, -0.2) is 58.6 Å². The van der Waals surface area contributed by atoms with E-state index in [4.69, 9.17) is 55.0 Å². The molecular weight excluding hydrogens is 1090 g/mol. The van der Waals surface area contributed by atoms with Gasteiger partial charge in [0.25, 0.3) is 0 Å². The second-order valence-electron chi connectivity index (χ2n) is 15.8. The van der Waals surface area contributed by atoms with E-state index in [1.165, 1.54) is 0 Å². The Balaban J connectivity index is 0.978. The number of nitrogens with zero attached hydrogens (tertiary/aromatic N) is 21. The minimum Gasteiger partial charge on any atom is -0.387 e. The number of nitrogens with two attached hydrogens (primary N) is 3. The molecule has 6 aromatic heterocycles. The summed E-state index contributed by atoms with van der Waals surface area (Å²) in [5.74, 6) is -2.38. The summed E-state index contributed by atoms with van der Waals surface area (Å²) in [5, 5.41) is 55.5. The summed E-state index contributed by atoms with van der Waals surface area (Å²) in [6, 6.07) is 0. The van der Waals surface area contributed by atoms with Crippen LogP contribution in [0.4, 0.5) is 35.3 Å². The summed E-state index contributed by atoms with van der Waals surface area (Å²) in [7, 11) is -16.5. The predicted octanol–water partition coefficient (Wildman–Crippen LogP) is -0.672. The number of aromatic nitrogens is 12. The molecular formula is C30H35N24O19P3. The number of hydrogen-bond acceptors (Lipinski definition) is 30. The Labute approximate surface area is 417 Å². The van der Waals surface area contributed by atoms with Crippen molar-refractivity contribution in [2.24, 2.45) is 15.3 Å². The van der Waals surface area contributed by atoms with E-state index in [0.717, 1.165) is 32.7 Å². The molecule has 76 heavy (non-hydrogen) atoms. The molecule has 9 heterocycles. The lowest BCUT2D eigenvalue weighted by atomic mass is 10.1. The van der Waals surface area contributed by atoms with Crippen LogP contribution in [-0.4, -0.2) is 173 Å². The van der Waals surface area contributed by atoms with Crippen LogP contribution in [0.1, 0.15) is 18.7 Å². The quantitative estimate of drug-likeness (QED) is 0.0207. The van der Waals surface area contributed by atoms with E-state index in [9.17, 15) is 64.8 Å². The zero-order chi connectivity index (χ0) is 54.6. The highest BCUT2D eigenvalue weighted by molar-refractivity contribution is 7.47. The molecule has 6 aromatic rings. The van der Waals surface area contributed by atoms with E-state index in [2.05, 4.69) is 79.5 Å². The van der Waals surface area contributed by atoms with Gasteiger partial charge in [-0.3, -0.25) is 36.3 Å². The van der Waals surface area contributed by atoms with Gasteiger partial charge in [-0.05, 0) is 31.9 Å². The Kier molecular flexibility index (Phi) is 14.8. The Hall–Kier alpha value is -6.97. The van der Waals surface area contributed by atoms with Gasteiger partial charge in [-0.1, -0.05) is 0 Å². The van der Waals surface area contributed by atoms with Crippen molar-refractivity contribution in [2.45, 2.75) is 73.6 Å². The maximum Gasteiger partial charge on any atom is 0.472 e. The number of ether oxygens (including phenoxy) is 3. The molecule has 404 valence electrons. The van der Waals surface area contributed by atoms with Crippen molar-refractivity contribution in [3.63, 3.8) is 0 Å². The lowest BCUT2D eigenvalue weighted by Crippen LogP contribution is -2.37. The first-order valence-electron chi connectivity index (χ1n) is 20.9. The number of azide groups is 3. The average molecular weight is 1130 g/mol. The summed E-state index contributed by atoms with van der Waals surface area (Å²) >= 11 is 0. The minimum absolute atomic E-state index is 0.0849. The van der Waals surface area contributed by atoms with Gasteiger partial charge in [0.05, 0.1) is 19.8 Å². The molecule has 0 radical (unpaired) electrons. The molecule has 14 N–H and O–H groups in total. The first kappa shape index (κ1) is 53.8. The molecule has 43 nitrogen and oxygen atoms in total. The number of rotatable bonds is 19. The molecule has 3 saturated heterocycles. The number of aliphatic hydroxyl groups excluding tert-OH is 4. The molecule has 0 aromatic carbocycles. The third-order valence-corrected chi connectivity index (χ3v) is 13.8. The summed E-state index contributed by atoms with van der Waals surface area (Å²) in [5.41, 5.74) is 44.5. The topological polar surface area (TPSA) is 642 Å². The van der Waals surface area contributed by atoms with E-state index in [-0.39, 0.29) is 50.9 Å². The molecule has 3 aliphatic heterocycles. The van der Waals surface area contributed by atoms with Crippen molar-refractivity contribution in [1.29, 1.82) is 0 Å². The second-order valence-corrected chi connectivity index (χ2v) is 19.9. The fraction of sp³-hybridized carbons (Fsp3) is 0.500. The Morgan fingerprint density at radius 2 is 0.855 bits per heavy atom. The van der Waals surface area contributed by atoms with E-state index >= 15 is 0 Å². The summed E-state index contributed by atoms with van der Waals surface area (Å²) in [6.07, 6.45) is -20.7. The smallest absolute Gasteiger partial charge is 0.387 e. The van der Waals surface area contributed by atoms with Crippen LogP contribution in [0, 0.1) is 0 Å². The molecule has 46 heteroatoms. The number of anilines is 3. The summed E-state index contributed by atoms with van der Waals surface area (Å²) in [4.78, 5) is 84.8. The van der Waals surface area contributed by atoms with E-state index in [1.807, 2.05) is 0 Å². The molecule has 0 amide bonds. The third-order valence-electron chi connectivity index (χ3n) is 11.3. The third kappa shape index (κ3) is 10.4. The van der Waals surface area contributed by atoms with E-state index in [1.54, 1.807) is 0 Å². The Morgan fingerprint density at radius 3 is 1.21 bits per heavy atom. The van der Waals surface area contributed by atoms with Crippen LogP contribution in [-0.2, 0) is 50.5 Å². The lowest BCUT2D eigenvalue weighted by Gasteiger charge is -2.25. The molecule has 0 aliphatic carbocycles. The number of fused-ring (bicyclic) bond motifs is 3. The van der Waals surface area contributed by atoms with Crippen LogP contribution in [0.2, 0.25) is 0 Å². The van der Waals surface area contributed by atoms with E-state index in [0.29, 0.717) is 0 Å². The first-order chi connectivity index (χ1) is 36.0. The normalized spacial score (nSPS) is 28.3. The van der Waals surface area contributed by atoms with Gasteiger partial charge in [0.1, 0.15) is 73.9 Å². The number of phosphoric ester groups is 3. The van der Waals surface area contributed by atoms with Crippen LogP contribution in [0.5, 0.6) is 0 Å². The van der Waals surface area contributed by atoms with Gasteiger partial charge in [-0.15, -0.1) is 0 Å². The average Bonchev–Trinajstić information content (AvgIpc) is 4.20. The fourth-order valence-electron chi connectivity index (χ4n) is 8.09. The molecule has 0 saturated carbocycles. The van der Waals surface area contributed by atoms with Crippen molar-refractivity contribution in [3.05, 3.63) is 50.3 Å². The molecule has 0 bridgehead atoms. The highest BCUT2D eigenvalue weighted by atomic mass is 31.2. The zero-order valence-corrected chi connectivity index (χ0v) is 40.0. The Bertz CT molecular complexity index is 3530. The van der Waals surface area contributed by atoms with Gasteiger partial charge >= 0.3 is 23.5 Å². The maximum atomic E-state index is 13.9. The van der Waals surface area contributed by atoms with Gasteiger partial charge in [0.15, 0.2) is 69.6 Å². The van der Waals surface area contributed by atoms with Crippen molar-refractivity contribution in [3.8, 4) is 0 Å². The monoisotopic (exact) mass is 1130 g/mol. The standard InChI is InChI=1S/C30H35N24O19P3/c31-19-10-22(40-4-37-19)52(28(43-10)46-49-34)25-16(58)13(55)7(69-25)2-67-75(62,63)73-18-15(57)9(71-27(18)54-24-12(21(33)39-6-42-24)45-30(54)48-51-36)3-68-76(64,65)72-17-14(56)8(1-66-74(59,60)61)70-26(17)53-23-11(20(32)38-5-41-23)44-29(53)47-50-35/h4-9,13-18,25-27,55-58H,1-3H2,(H,62,63)(H,64,65)(H2,31,37,40)(H2,32,38,41)(H2,33,39,42)(H2,59,60,61)/t7-,8-,9-,13-,14-,15-,16-,17-,18-,25-,26-,27-/m1/s1. The number of phosphoric acid groups is 3. The molecule has 3 fully saturated rings. The number of aliphatic hydroxyl groups is 4. The first-order valence-corrected chi connectivity index (χ1v) is 25.4.